The van der Waals surface area contributed by atoms with Crippen molar-refractivity contribution >= 4 is 11.8 Å². The zero-order chi connectivity index (χ0) is 13.8. The van der Waals surface area contributed by atoms with Crippen LogP contribution in [0.1, 0.15) is 11.6 Å². The fourth-order valence-corrected chi connectivity index (χ4v) is 2.44. The van der Waals surface area contributed by atoms with E-state index in [0.29, 0.717) is 35.5 Å². The zero-order valence-electron chi connectivity index (χ0n) is 10.7. The Morgan fingerprint density at radius 2 is 1.95 bits per heavy atom. The van der Waals surface area contributed by atoms with Gasteiger partial charge in [-0.3, -0.25) is 0 Å². The molecule has 20 heavy (non-hydrogen) atoms. The number of hydrogen-bond acceptors (Lipinski definition) is 6. The highest BCUT2D eigenvalue weighted by Crippen LogP contribution is 2.24. The molecule has 3 rings (SSSR count). The van der Waals surface area contributed by atoms with Crippen LogP contribution in [0.4, 0.5) is 0 Å². The third kappa shape index (κ3) is 2.92. The Balaban J connectivity index is 1.67. The number of nitrogens with zero attached hydrogens (tertiary/aromatic N) is 2. The van der Waals surface area contributed by atoms with Gasteiger partial charge in [-0.25, -0.2) is 0 Å². The average Bonchev–Trinajstić information content (AvgIpc) is 3.15. The third-order valence-electron chi connectivity index (χ3n) is 2.65. The minimum Gasteiger partial charge on any atom is -0.455 e. The van der Waals surface area contributed by atoms with Crippen molar-refractivity contribution in [3.63, 3.8) is 0 Å². The van der Waals surface area contributed by atoms with Gasteiger partial charge in [-0.2, -0.15) is 4.98 Å². The maximum atomic E-state index is 5.49. The van der Waals surface area contributed by atoms with Crippen molar-refractivity contribution in [2.75, 3.05) is 0 Å². The summed E-state index contributed by atoms with van der Waals surface area (Å²) in [5.41, 5.74) is 5.49. The van der Waals surface area contributed by atoms with Gasteiger partial charge in [0.1, 0.15) is 5.76 Å². The fraction of sp³-hybridized carbons (Fsp3) is 0.143. The summed E-state index contributed by atoms with van der Waals surface area (Å²) in [6.45, 7) is 0.352. The number of nitrogens with two attached hydrogens (primary N) is 1. The van der Waals surface area contributed by atoms with E-state index < -0.39 is 0 Å². The summed E-state index contributed by atoms with van der Waals surface area (Å²) >= 11 is 1.66. The first-order chi connectivity index (χ1) is 9.85. The Labute approximate surface area is 120 Å². The lowest BCUT2D eigenvalue weighted by Gasteiger charge is -1.96. The van der Waals surface area contributed by atoms with Gasteiger partial charge in [0.25, 0.3) is 5.89 Å². The van der Waals surface area contributed by atoms with Gasteiger partial charge in [0.05, 0.1) is 12.3 Å². The van der Waals surface area contributed by atoms with Crippen LogP contribution in [0.2, 0.25) is 0 Å². The van der Waals surface area contributed by atoms with Crippen LogP contribution in [0, 0.1) is 0 Å². The highest BCUT2D eigenvalue weighted by Gasteiger charge is 2.12. The fourth-order valence-electron chi connectivity index (χ4n) is 1.68. The molecule has 0 unspecified atom stereocenters. The molecule has 2 heterocycles. The van der Waals surface area contributed by atoms with E-state index in [9.17, 15) is 0 Å². The van der Waals surface area contributed by atoms with Crippen molar-refractivity contribution in [2.24, 2.45) is 5.73 Å². The van der Waals surface area contributed by atoms with Gasteiger partial charge in [-0.05, 0) is 24.3 Å². The average molecular weight is 287 g/mol. The molecule has 0 saturated carbocycles. The van der Waals surface area contributed by atoms with Crippen LogP contribution in [0.5, 0.6) is 0 Å². The topological polar surface area (TPSA) is 78.1 Å². The van der Waals surface area contributed by atoms with Crippen LogP contribution in [0.25, 0.3) is 11.7 Å². The number of hydrogen-bond donors (Lipinski definition) is 1. The summed E-state index contributed by atoms with van der Waals surface area (Å²) in [6, 6.07) is 13.7. The van der Waals surface area contributed by atoms with Gasteiger partial charge in [0, 0.05) is 4.90 Å². The van der Waals surface area contributed by atoms with Gasteiger partial charge in [0.15, 0.2) is 11.6 Å². The molecule has 2 aromatic heterocycles. The van der Waals surface area contributed by atoms with E-state index in [4.69, 9.17) is 14.7 Å². The van der Waals surface area contributed by atoms with E-state index in [2.05, 4.69) is 10.1 Å². The Morgan fingerprint density at radius 3 is 2.70 bits per heavy atom. The van der Waals surface area contributed by atoms with Gasteiger partial charge >= 0.3 is 0 Å². The Morgan fingerprint density at radius 1 is 1.10 bits per heavy atom. The van der Waals surface area contributed by atoms with Crippen molar-refractivity contribution in [2.45, 2.75) is 17.2 Å². The minimum absolute atomic E-state index is 0.352. The zero-order valence-corrected chi connectivity index (χ0v) is 11.5. The highest BCUT2D eigenvalue weighted by atomic mass is 32.2. The molecule has 5 nitrogen and oxygen atoms in total. The number of rotatable bonds is 5. The molecule has 6 heteroatoms. The van der Waals surface area contributed by atoms with Crippen molar-refractivity contribution in [1.29, 1.82) is 0 Å². The van der Waals surface area contributed by atoms with Crippen LogP contribution in [0.3, 0.4) is 0 Å². The molecule has 0 aliphatic rings. The third-order valence-corrected chi connectivity index (χ3v) is 3.66. The highest BCUT2D eigenvalue weighted by molar-refractivity contribution is 7.98. The molecule has 0 spiro atoms. The summed E-state index contributed by atoms with van der Waals surface area (Å²) in [6.07, 6.45) is 0. The van der Waals surface area contributed by atoms with Crippen molar-refractivity contribution in [3.05, 3.63) is 54.0 Å². The van der Waals surface area contributed by atoms with E-state index in [-0.39, 0.29) is 0 Å². The lowest BCUT2D eigenvalue weighted by Crippen LogP contribution is -1.92. The molecule has 0 aliphatic heterocycles. The molecule has 0 aliphatic carbocycles. The van der Waals surface area contributed by atoms with Crippen molar-refractivity contribution in [3.8, 4) is 11.7 Å². The lowest BCUT2D eigenvalue weighted by atomic mass is 10.4. The summed E-state index contributed by atoms with van der Waals surface area (Å²) in [7, 11) is 0. The normalized spacial score (nSPS) is 10.8. The maximum Gasteiger partial charge on any atom is 0.293 e. The van der Waals surface area contributed by atoms with E-state index in [0.717, 1.165) is 0 Å². The van der Waals surface area contributed by atoms with Crippen molar-refractivity contribution in [1.82, 2.24) is 10.1 Å². The molecule has 1 aromatic carbocycles. The number of furan rings is 1. The van der Waals surface area contributed by atoms with Crippen LogP contribution in [-0.4, -0.2) is 10.1 Å². The van der Waals surface area contributed by atoms with Gasteiger partial charge < -0.3 is 14.7 Å². The molecule has 0 radical (unpaired) electrons. The molecule has 0 bridgehead atoms. The molecule has 0 saturated heterocycles. The second-order valence-corrected chi connectivity index (χ2v) is 5.14. The standard InChI is InChI=1S/C14H13N3O2S/c15-8-10-6-7-12(18-10)14-16-13(17-19-14)9-20-11-4-2-1-3-5-11/h1-7H,8-9,15H2. The summed E-state index contributed by atoms with van der Waals surface area (Å²) in [5.74, 6) is 2.91. The van der Waals surface area contributed by atoms with E-state index in [1.54, 1.807) is 23.9 Å². The Kier molecular flexibility index (Phi) is 3.85. The molecule has 102 valence electrons. The van der Waals surface area contributed by atoms with Gasteiger partial charge in [-0.1, -0.05) is 23.4 Å². The first kappa shape index (κ1) is 13.0. The predicted molar refractivity (Wildman–Crippen MR) is 75.9 cm³/mol. The number of thioether (sulfide) groups is 1. The molecule has 3 aromatic rings. The molecular formula is C14H13N3O2S. The minimum atomic E-state index is 0.352. The predicted octanol–water partition coefficient (Wildman–Crippen LogP) is 3.08. The summed E-state index contributed by atoms with van der Waals surface area (Å²) < 4.78 is 10.7. The number of aromatic nitrogens is 2. The lowest BCUT2D eigenvalue weighted by molar-refractivity contribution is 0.407. The summed E-state index contributed by atoms with van der Waals surface area (Å²) in [4.78, 5) is 5.48. The van der Waals surface area contributed by atoms with Crippen LogP contribution in [-0.2, 0) is 12.3 Å². The van der Waals surface area contributed by atoms with E-state index >= 15 is 0 Å². The van der Waals surface area contributed by atoms with E-state index in [1.807, 2.05) is 30.3 Å². The molecular weight excluding hydrogens is 274 g/mol. The van der Waals surface area contributed by atoms with Crippen LogP contribution < -0.4 is 5.73 Å². The first-order valence-corrected chi connectivity index (χ1v) is 7.13. The van der Waals surface area contributed by atoms with Crippen LogP contribution in [0.15, 0.2) is 56.3 Å². The second-order valence-electron chi connectivity index (χ2n) is 4.09. The van der Waals surface area contributed by atoms with Gasteiger partial charge in [0.2, 0.25) is 0 Å². The largest absolute Gasteiger partial charge is 0.455 e. The smallest absolute Gasteiger partial charge is 0.293 e. The van der Waals surface area contributed by atoms with Crippen molar-refractivity contribution < 1.29 is 8.94 Å². The first-order valence-electron chi connectivity index (χ1n) is 6.15. The molecule has 0 amide bonds. The Bertz CT molecular complexity index is 679. The SMILES string of the molecule is NCc1ccc(-c2nc(CSc3ccccc3)no2)o1. The van der Waals surface area contributed by atoms with Crippen LogP contribution >= 0.6 is 11.8 Å². The monoisotopic (exact) mass is 287 g/mol. The molecule has 2 N–H and O–H groups in total. The Hall–Kier alpha value is -2.05. The summed E-state index contributed by atoms with van der Waals surface area (Å²) in [5, 5.41) is 3.94. The number of benzene rings is 1. The quantitative estimate of drug-likeness (QED) is 0.726. The second kappa shape index (κ2) is 5.94. The molecule has 0 fully saturated rings. The maximum absolute atomic E-state index is 5.49. The molecule has 0 atom stereocenters. The van der Waals surface area contributed by atoms with Gasteiger partial charge in [-0.15, -0.1) is 11.8 Å². The van der Waals surface area contributed by atoms with E-state index in [1.165, 1.54) is 4.90 Å².